The van der Waals surface area contributed by atoms with Gasteiger partial charge in [0.25, 0.3) is 0 Å². The van der Waals surface area contributed by atoms with Gasteiger partial charge in [-0.05, 0) is 71.9 Å². The van der Waals surface area contributed by atoms with Crippen molar-refractivity contribution in [2.75, 3.05) is 0 Å². The number of nitrogens with two attached hydrogens (primary N) is 1. The lowest BCUT2D eigenvalue weighted by atomic mass is 9.93. The number of primary amides is 1. The number of carbonyl (C=O) groups is 4. The number of benzene rings is 1. The van der Waals surface area contributed by atoms with E-state index in [2.05, 4.69) is 10.6 Å². The van der Waals surface area contributed by atoms with E-state index < -0.39 is 35.6 Å². The van der Waals surface area contributed by atoms with Crippen molar-refractivity contribution in [1.82, 2.24) is 15.5 Å². The zero-order valence-electron chi connectivity index (χ0n) is 23.1. The van der Waals surface area contributed by atoms with E-state index in [1.165, 1.54) is 4.90 Å². The summed E-state index contributed by atoms with van der Waals surface area (Å²) in [5.41, 5.74) is 6.17. The minimum atomic E-state index is -1.10. The lowest BCUT2D eigenvalue weighted by Gasteiger charge is -2.38. The molecule has 0 radical (unpaired) electrons. The van der Waals surface area contributed by atoms with Crippen LogP contribution in [0.3, 0.4) is 0 Å². The molecule has 2 unspecified atom stereocenters. The zero-order chi connectivity index (χ0) is 27.8. The highest BCUT2D eigenvalue weighted by atomic mass is 16.6. The Morgan fingerprint density at radius 3 is 2.24 bits per heavy atom. The molecule has 0 aromatic heterocycles. The summed E-state index contributed by atoms with van der Waals surface area (Å²) in [6, 6.07) is 5.15. The van der Waals surface area contributed by atoms with E-state index in [-0.39, 0.29) is 30.8 Å². The van der Waals surface area contributed by atoms with Crippen LogP contribution >= 0.6 is 0 Å². The van der Waals surface area contributed by atoms with Crippen LogP contribution in [0.1, 0.15) is 96.7 Å². The predicted octanol–water partition coefficient (Wildman–Crippen LogP) is 3.88. The molecule has 9 nitrogen and oxygen atoms in total. The first-order valence-electron chi connectivity index (χ1n) is 13.3. The van der Waals surface area contributed by atoms with Gasteiger partial charge < -0.3 is 26.0 Å². The number of nitrogens with zero attached hydrogens (tertiary/aromatic N) is 1. The van der Waals surface area contributed by atoms with E-state index in [4.69, 9.17) is 10.5 Å². The summed E-state index contributed by atoms with van der Waals surface area (Å²) < 4.78 is 5.36. The van der Waals surface area contributed by atoms with Gasteiger partial charge >= 0.3 is 6.09 Å². The molecule has 0 heterocycles. The third-order valence-corrected chi connectivity index (χ3v) is 6.44. The van der Waals surface area contributed by atoms with Crippen LogP contribution in [0.4, 0.5) is 4.79 Å². The monoisotopic (exact) mass is 516 g/mol. The summed E-state index contributed by atoms with van der Waals surface area (Å²) in [7, 11) is 0. The maximum atomic E-state index is 14.0. The average Bonchev–Trinajstić information content (AvgIpc) is 2.79. The number of hydrogen-bond donors (Lipinski definition) is 3. The first-order valence-corrected chi connectivity index (χ1v) is 13.3. The Bertz CT molecular complexity index is 950. The number of hydrogen-bond acceptors (Lipinski definition) is 5. The van der Waals surface area contributed by atoms with Crippen molar-refractivity contribution >= 4 is 23.8 Å². The molecule has 1 saturated carbocycles. The summed E-state index contributed by atoms with van der Waals surface area (Å²) in [6.45, 7) is 10.7. The van der Waals surface area contributed by atoms with E-state index in [9.17, 15) is 19.2 Å². The Morgan fingerprint density at radius 2 is 1.70 bits per heavy atom. The topological polar surface area (TPSA) is 131 Å². The fraction of sp³-hybridized carbons (Fsp3) is 0.643. The Balaban J connectivity index is 2.45. The second-order valence-corrected chi connectivity index (χ2v) is 11.1. The van der Waals surface area contributed by atoms with Crippen molar-refractivity contribution in [3.05, 3.63) is 35.4 Å². The van der Waals surface area contributed by atoms with E-state index in [0.717, 1.165) is 37.7 Å². The van der Waals surface area contributed by atoms with Crippen molar-refractivity contribution in [1.29, 1.82) is 0 Å². The molecule has 206 valence electrons. The molecule has 1 aromatic rings. The molecule has 1 aromatic carbocycles. The third kappa shape index (κ3) is 9.37. The smallest absolute Gasteiger partial charge is 0.408 e. The molecule has 2 rings (SSSR count). The molecule has 0 aliphatic heterocycles. The van der Waals surface area contributed by atoms with Gasteiger partial charge in [0.2, 0.25) is 17.7 Å². The number of ether oxygens (including phenoxy) is 1. The van der Waals surface area contributed by atoms with Crippen molar-refractivity contribution in [3.63, 3.8) is 0 Å². The van der Waals surface area contributed by atoms with Gasteiger partial charge in [-0.25, -0.2) is 4.79 Å². The fourth-order valence-electron chi connectivity index (χ4n) is 4.69. The van der Waals surface area contributed by atoms with Crippen LogP contribution in [-0.4, -0.2) is 52.4 Å². The highest BCUT2D eigenvalue weighted by Crippen LogP contribution is 2.29. The number of amides is 4. The first-order chi connectivity index (χ1) is 17.3. The standard InChI is InChI=1S/C28H44N4O5/c1-18(2)32(26(35)22(16-17-23(29)33)31-27(36)37-28(4,5)6)24(21-15-11-10-12-19(21)3)25(34)30-20-13-8-7-9-14-20/h10-12,15,18,20,22,24H,7-9,13-14,16-17H2,1-6H3,(H2,29,33)(H,30,34)(H,31,36). The van der Waals surface area contributed by atoms with Crippen LogP contribution in [-0.2, 0) is 19.1 Å². The van der Waals surface area contributed by atoms with Gasteiger partial charge in [0.15, 0.2) is 0 Å². The van der Waals surface area contributed by atoms with Crippen molar-refractivity contribution in [2.45, 2.75) is 116 Å². The molecule has 4 amide bonds. The normalized spacial score (nSPS) is 16.0. The Labute approximate surface area is 220 Å². The quantitative estimate of drug-likeness (QED) is 0.434. The van der Waals surface area contributed by atoms with Crippen LogP contribution in [0.5, 0.6) is 0 Å². The number of nitrogens with one attached hydrogen (secondary N) is 2. The summed E-state index contributed by atoms with van der Waals surface area (Å²) >= 11 is 0. The van der Waals surface area contributed by atoms with Gasteiger partial charge in [0.05, 0.1) is 0 Å². The molecule has 1 fully saturated rings. The third-order valence-electron chi connectivity index (χ3n) is 6.44. The highest BCUT2D eigenvalue weighted by molar-refractivity contribution is 5.93. The molecule has 9 heteroatoms. The lowest BCUT2D eigenvalue weighted by Crippen LogP contribution is -2.56. The molecule has 37 heavy (non-hydrogen) atoms. The van der Waals surface area contributed by atoms with Crippen molar-refractivity contribution < 1.29 is 23.9 Å². The summed E-state index contributed by atoms with van der Waals surface area (Å²) in [6.07, 6.45) is 4.18. The second kappa shape index (κ2) is 13.4. The molecule has 0 bridgehead atoms. The average molecular weight is 517 g/mol. The highest BCUT2D eigenvalue weighted by Gasteiger charge is 2.39. The lowest BCUT2D eigenvalue weighted by molar-refractivity contribution is -0.145. The molecule has 0 spiro atoms. The molecule has 1 aliphatic rings. The Kier molecular flexibility index (Phi) is 10.9. The summed E-state index contributed by atoms with van der Waals surface area (Å²) in [4.78, 5) is 53.5. The Morgan fingerprint density at radius 1 is 1.08 bits per heavy atom. The van der Waals surface area contributed by atoms with E-state index >= 15 is 0 Å². The minimum Gasteiger partial charge on any atom is -0.444 e. The maximum Gasteiger partial charge on any atom is 0.408 e. The zero-order valence-corrected chi connectivity index (χ0v) is 23.1. The molecule has 4 N–H and O–H groups in total. The maximum absolute atomic E-state index is 14.0. The van der Waals surface area contributed by atoms with Gasteiger partial charge in [-0.2, -0.15) is 0 Å². The molecular weight excluding hydrogens is 472 g/mol. The van der Waals surface area contributed by atoms with Crippen LogP contribution in [0.2, 0.25) is 0 Å². The van der Waals surface area contributed by atoms with Gasteiger partial charge in [-0.1, -0.05) is 43.5 Å². The fourth-order valence-corrected chi connectivity index (χ4v) is 4.69. The second-order valence-electron chi connectivity index (χ2n) is 11.1. The van der Waals surface area contributed by atoms with Gasteiger partial charge in [-0.15, -0.1) is 0 Å². The Hall–Kier alpha value is -3.10. The van der Waals surface area contributed by atoms with E-state index in [1.807, 2.05) is 45.0 Å². The SMILES string of the molecule is Cc1ccccc1C(C(=O)NC1CCCCC1)N(C(=O)C(CCC(N)=O)NC(=O)OC(C)(C)C)C(C)C. The van der Waals surface area contributed by atoms with Gasteiger partial charge in [-0.3, -0.25) is 14.4 Å². The number of rotatable bonds is 10. The largest absolute Gasteiger partial charge is 0.444 e. The van der Waals surface area contributed by atoms with Crippen LogP contribution in [0.25, 0.3) is 0 Å². The van der Waals surface area contributed by atoms with E-state index in [1.54, 1.807) is 20.8 Å². The number of alkyl carbamates (subject to hydrolysis) is 1. The summed E-state index contributed by atoms with van der Waals surface area (Å²) in [5.74, 6) is -1.33. The van der Waals surface area contributed by atoms with Gasteiger partial charge in [0, 0.05) is 18.5 Å². The van der Waals surface area contributed by atoms with Crippen molar-refractivity contribution in [3.8, 4) is 0 Å². The predicted molar refractivity (Wildman–Crippen MR) is 143 cm³/mol. The van der Waals surface area contributed by atoms with Crippen LogP contribution in [0, 0.1) is 6.92 Å². The van der Waals surface area contributed by atoms with E-state index in [0.29, 0.717) is 5.56 Å². The number of carbonyl (C=O) groups excluding carboxylic acids is 4. The minimum absolute atomic E-state index is 0.0125. The molecule has 0 saturated heterocycles. The van der Waals surface area contributed by atoms with Crippen LogP contribution < -0.4 is 16.4 Å². The van der Waals surface area contributed by atoms with Gasteiger partial charge in [0.1, 0.15) is 17.7 Å². The molecule has 1 aliphatic carbocycles. The number of aryl methyl sites for hydroxylation is 1. The summed E-state index contributed by atoms with van der Waals surface area (Å²) in [5, 5.41) is 5.79. The van der Waals surface area contributed by atoms with Crippen LogP contribution in [0.15, 0.2) is 24.3 Å². The molecular formula is C28H44N4O5. The molecule has 2 atom stereocenters. The first kappa shape index (κ1) is 30.1. The van der Waals surface area contributed by atoms with Crippen molar-refractivity contribution in [2.24, 2.45) is 5.73 Å².